The van der Waals surface area contributed by atoms with Crippen molar-refractivity contribution in [3.63, 3.8) is 0 Å². The van der Waals surface area contributed by atoms with E-state index in [1.165, 1.54) is 142 Å². The average molecular weight is 957 g/mol. The van der Waals surface area contributed by atoms with E-state index >= 15 is 0 Å². The van der Waals surface area contributed by atoms with Crippen LogP contribution in [-0.2, 0) is 21.7 Å². The van der Waals surface area contributed by atoms with Crippen molar-refractivity contribution in [1.82, 2.24) is 0 Å². The highest BCUT2D eigenvalue weighted by molar-refractivity contribution is 6.19. The second-order valence-electron chi connectivity index (χ2n) is 25.5. The molecule has 0 nitrogen and oxygen atoms in total. The molecule has 0 fully saturated rings. The molecule has 0 aromatic heterocycles. The second kappa shape index (κ2) is 17.0. The summed E-state index contributed by atoms with van der Waals surface area (Å²) < 4.78 is 0. The number of rotatable bonds is 2. The van der Waals surface area contributed by atoms with Gasteiger partial charge in [-0.15, -0.1) is 0 Å². The van der Waals surface area contributed by atoms with Crippen molar-refractivity contribution in [2.45, 2.75) is 105 Å². The van der Waals surface area contributed by atoms with Crippen LogP contribution in [0.1, 0.15) is 105 Å². The van der Waals surface area contributed by atoms with E-state index in [4.69, 9.17) is 0 Å². The van der Waals surface area contributed by atoms with Crippen LogP contribution < -0.4 is 0 Å². The van der Waals surface area contributed by atoms with Crippen molar-refractivity contribution in [2.75, 3.05) is 0 Å². The fourth-order valence-electron chi connectivity index (χ4n) is 11.6. The molecule has 364 valence electrons. The third kappa shape index (κ3) is 8.34. The molecule has 0 spiro atoms. The Hall–Kier alpha value is -7.54. The zero-order valence-corrected chi connectivity index (χ0v) is 45.5. The maximum Gasteiger partial charge on any atom is -0.00201 e. The van der Waals surface area contributed by atoms with Crippen molar-refractivity contribution in [2.24, 2.45) is 0 Å². The maximum atomic E-state index is 2.49. The minimum atomic E-state index is -0.0497. The average Bonchev–Trinajstić information content (AvgIpc) is 3.41. The first kappa shape index (κ1) is 47.5. The lowest BCUT2D eigenvalue weighted by Gasteiger charge is -2.27. The standard InChI is InChI=1S/C74H68/c1-71(2,3)57-35-53(36-58(43-57)72(4,5)6)54-39-67-51-29-21-47(22-30-51)45-17-25-49(26-18-45)65-41-55-42-66(69(65)56-37-59(73(7,8)9)44-60(38-56)74(10,11)12)50-27-19-46(20-28-50)48-23-31-52(32-24-48)68(40-54)70(67)64-34-33-61(55)62-15-13-14-16-63(62)64/h13-44H,1-12H3. The highest BCUT2D eigenvalue weighted by Gasteiger charge is 2.25. The fourth-order valence-corrected chi connectivity index (χ4v) is 11.6. The summed E-state index contributed by atoms with van der Waals surface area (Å²) >= 11 is 0. The Morgan fingerprint density at radius 3 is 0.824 bits per heavy atom. The SMILES string of the molecule is CC(C)(C)c1cc(-c2cc3c4c(c2)c2ccc(cc2)c2ccc(cc2)c2cc(cc(c2-c2cc(C(C)(C)C)cc(C(C)(C)C)c2)c2ccc(cc2)c2ccc3cc2)-c2ccc-4c3ccccc23)cc(C(C)(C)C)c1. The molecule has 0 atom stereocenters. The minimum Gasteiger partial charge on any atom is -0.0616 e. The number of benzene rings is 10. The van der Waals surface area contributed by atoms with Gasteiger partial charge >= 0.3 is 0 Å². The molecule has 0 saturated heterocycles. The van der Waals surface area contributed by atoms with Crippen LogP contribution in [0.2, 0.25) is 0 Å². The van der Waals surface area contributed by atoms with Crippen LogP contribution in [0.3, 0.4) is 0 Å². The van der Waals surface area contributed by atoms with Gasteiger partial charge in [-0.05, 0) is 188 Å². The lowest BCUT2D eigenvalue weighted by Crippen LogP contribution is -2.16. The van der Waals surface area contributed by atoms with Gasteiger partial charge in [0, 0.05) is 0 Å². The van der Waals surface area contributed by atoms with E-state index in [1.807, 2.05) is 0 Å². The van der Waals surface area contributed by atoms with Gasteiger partial charge in [0.1, 0.15) is 0 Å². The number of fused-ring (bicyclic) bond motifs is 3. The zero-order valence-electron chi connectivity index (χ0n) is 45.5. The molecule has 0 aliphatic heterocycles. The van der Waals surface area contributed by atoms with Gasteiger partial charge < -0.3 is 0 Å². The van der Waals surface area contributed by atoms with Crippen LogP contribution >= 0.6 is 0 Å². The summed E-state index contributed by atoms with van der Waals surface area (Å²) in [5, 5.41) is 16.9. The molecule has 8 aliphatic carbocycles. The molecule has 0 N–H and O–H groups in total. The summed E-state index contributed by atoms with van der Waals surface area (Å²) in [6.07, 6.45) is 0. The molecule has 74 heavy (non-hydrogen) atoms. The van der Waals surface area contributed by atoms with Crippen LogP contribution in [0.25, 0.3) is 120 Å². The summed E-state index contributed by atoms with van der Waals surface area (Å²) in [4.78, 5) is 0. The Balaban J connectivity index is 1.31. The predicted octanol–water partition coefficient (Wildman–Crippen LogP) is 21.6. The van der Waals surface area contributed by atoms with Crippen molar-refractivity contribution in [1.29, 1.82) is 0 Å². The van der Waals surface area contributed by atoms with Gasteiger partial charge in [0.2, 0.25) is 0 Å². The van der Waals surface area contributed by atoms with E-state index in [-0.39, 0.29) is 21.7 Å². The lowest BCUT2D eigenvalue weighted by atomic mass is 9.78. The Morgan fingerprint density at radius 2 is 0.473 bits per heavy atom. The molecule has 8 aliphatic rings. The predicted molar refractivity (Wildman–Crippen MR) is 326 cm³/mol. The van der Waals surface area contributed by atoms with E-state index in [0.717, 1.165) is 0 Å². The molecule has 10 aromatic carbocycles. The van der Waals surface area contributed by atoms with Crippen LogP contribution in [-0.4, -0.2) is 0 Å². The monoisotopic (exact) mass is 957 g/mol. The summed E-state index contributed by atoms with van der Waals surface area (Å²) in [5.74, 6) is 0. The first-order valence-corrected chi connectivity index (χ1v) is 26.8. The Labute approximate surface area is 438 Å². The third-order valence-electron chi connectivity index (χ3n) is 16.2. The first-order chi connectivity index (χ1) is 35.2. The highest BCUT2D eigenvalue weighted by atomic mass is 14.3. The lowest BCUT2D eigenvalue weighted by molar-refractivity contribution is 0.568. The molecule has 10 aromatic rings. The Kier molecular flexibility index (Phi) is 10.9. The van der Waals surface area contributed by atoms with Crippen molar-refractivity contribution in [3.05, 3.63) is 216 Å². The largest absolute Gasteiger partial charge is 0.0616 e. The van der Waals surface area contributed by atoms with Gasteiger partial charge in [0.25, 0.3) is 0 Å². The van der Waals surface area contributed by atoms with Gasteiger partial charge in [-0.3, -0.25) is 0 Å². The molecule has 0 saturated carbocycles. The Morgan fingerprint density at radius 1 is 0.203 bits per heavy atom. The van der Waals surface area contributed by atoms with E-state index < -0.39 is 0 Å². The maximum absolute atomic E-state index is 2.49. The quantitative estimate of drug-likeness (QED) is 0.162. The minimum absolute atomic E-state index is 0.0256. The molecule has 14 bridgehead atoms. The van der Waals surface area contributed by atoms with Gasteiger partial charge in [-0.25, -0.2) is 0 Å². The van der Waals surface area contributed by atoms with Gasteiger partial charge in [0.05, 0.1) is 0 Å². The first-order valence-electron chi connectivity index (χ1n) is 26.8. The van der Waals surface area contributed by atoms with Crippen molar-refractivity contribution < 1.29 is 0 Å². The number of hydrogen-bond acceptors (Lipinski definition) is 0. The summed E-state index contributed by atoms with van der Waals surface area (Å²) in [5.41, 5.74) is 15.1. The summed E-state index contributed by atoms with van der Waals surface area (Å²) in [6, 6.07) is 76.2. The van der Waals surface area contributed by atoms with Gasteiger partial charge in [0.15, 0.2) is 0 Å². The zero-order chi connectivity index (χ0) is 51.6. The van der Waals surface area contributed by atoms with Crippen LogP contribution in [0, 0.1) is 0 Å². The molecule has 0 amide bonds. The molecule has 0 unspecified atom stereocenters. The van der Waals surface area contributed by atoms with Crippen LogP contribution in [0.15, 0.2) is 194 Å². The van der Waals surface area contributed by atoms with E-state index in [1.54, 1.807) is 0 Å². The van der Waals surface area contributed by atoms with E-state index in [9.17, 15) is 0 Å². The van der Waals surface area contributed by atoms with Gasteiger partial charge in [-0.1, -0.05) is 253 Å². The molecule has 0 heterocycles. The third-order valence-corrected chi connectivity index (χ3v) is 16.2. The molecular weight excluding hydrogens is 889 g/mol. The molecule has 0 heteroatoms. The molecular formula is C74H68. The highest BCUT2D eigenvalue weighted by Crippen LogP contribution is 2.47. The normalized spacial score (nSPS) is 12.9. The van der Waals surface area contributed by atoms with Crippen molar-refractivity contribution >= 4 is 75.4 Å². The van der Waals surface area contributed by atoms with E-state index in [0.29, 0.717) is 0 Å². The van der Waals surface area contributed by atoms with Crippen LogP contribution in [0.4, 0.5) is 0 Å². The van der Waals surface area contributed by atoms with E-state index in [2.05, 4.69) is 277 Å². The van der Waals surface area contributed by atoms with Gasteiger partial charge in [-0.2, -0.15) is 0 Å². The van der Waals surface area contributed by atoms with Crippen LogP contribution in [0.5, 0.6) is 0 Å². The summed E-state index contributed by atoms with van der Waals surface area (Å²) in [7, 11) is 0. The second-order valence-corrected chi connectivity index (χ2v) is 25.5. The van der Waals surface area contributed by atoms with Crippen molar-refractivity contribution in [3.8, 4) is 44.5 Å². The number of hydrogen-bond donors (Lipinski definition) is 0. The molecule has 0 radical (unpaired) electrons. The smallest absolute Gasteiger partial charge is 0.00201 e. The molecule has 18 rings (SSSR count). The summed E-state index contributed by atoms with van der Waals surface area (Å²) in [6.45, 7) is 28.1. The fraction of sp³-hybridized carbons (Fsp3) is 0.216. The topological polar surface area (TPSA) is 0 Å². The Bertz CT molecular complexity index is 3960.